The van der Waals surface area contributed by atoms with Crippen LogP contribution in [0.5, 0.6) is 0 Å². The Kier molecular flexibility index (Phi) is 6.39. The predicted octanol–water partition coefficient (Wildman–Crippen LogP) is 2.62. The highest BCUT2D eigenvalue weighted by Gasteiger charge is 2.29. The largest absolute Gasteiger partial charge is 0.476 e. The molecule has 1 aromatic heterocycles. The second kappa shape index (κ2) is 9.56. The number of alkyl carbamates (subject to hydrolysis) is 1. The standard InChI is InChI=1S/C24H24N4O5/c1-15(22(29)25-10-11-28-12-21(23(30)31)26-14-28)27-24(32)33-13-20-18-8-4-2-6-16(18)17-7-3-5-9-19(17)20/h2-9,12,14-15,20H,10-11,13H2,1H3,(H,25,29)(H,27,32)(H,30,31). The van der Waals surface area contributed by atoms with Gasteiger partial charge in [0, 0.05) is 25.2 Å². The number of fused-ring (bicyclic) bond motifs is 3. The van der Waals surface area contributed by atoms with E-state index in [0.717, 1.165) is 22.3 Å². The van der Waals surface area contributed by atoms with Crippen molar-refractivity contribution in [2.45, 2.75) is 25.4 Å². The number of hydrogen-bond acceptors (Lipinski definition) is 5. The summed E-state index contributed by atoms with van der Waals surface area (Å²) in [7, 11) is 0. The second-order valence-electron chi connectivity index (χ2n) is 7.78. The summed E-state index contributed by atoms with van der Waals surface area (Å²) >= 11 is 0. The van der Waals surface area contributed by atoms with Crippen molar-refractivity contribution in [3.8, 4) is 11.1 Å². The summed E-state index contributed by atoms with van der Waals surface area (Å²) in [4.78, 5) is 39.2. The van der Waals surface area contributed by atoms with Gasteiger partial charge in [0.1, 0.15) is 12.6 Å². The normalized spacial score (nSPS) is 13.0. The van der Waals surface area contributed by atoms with Crippen molar-refractivity contribution in [3.63, 3.8) is 0 Å². The Morgan fingerprint density at radius 2 is 1.73 bits per heavy atom. The molecule has 0 spiro atoms. The molecule has 2 aromatic carbocycles. The van der Waals surface area contributed by atoms with Crippen LogP contribution in [0.1, 0.15) is 34.5 Å². The Balaban J connectivity index is 1.25. The van der Waals surface area contributed by atoms with Gasteiger partial charge in [-0.3, -0.25) is 4.79 Å². The van der Waals surface area contributed by atoms with Crippen LogP contribution in [-0.2, 0) is 16.1 Å². The maximum atomic E-state index is 12.3. The van der Waals surface area contributed by atoms with Crippen molar-refractivity contribution in [1.82, 2.24) is 20.2 Å². The molecule has 9 nitrogen and oxygen atoms in total. The molecular weight excluding hydrogens is 424 g/mol. The van der Waals surface area contributed by atoms with Gasteiger partial charge in [-0.1, -0.05) is 48.5 Å². The summed E-state index contributed by atoms with van der Waals surface area (Å²) in [5, 5.41) is 14.1. The highest BCUT2D eigenvalue weighted by atomic mass is 16.5. The van der Waals surface area contributed by atoms with Gasteiger partial charge in [0.05, 0.1) is 6.33 Å². The van der Waals surface area contributed by atoms with Crippen LogP contribution in [0.3, 0.4) is 0 Å². The lowest BCUT2D eigenvalue weighted by Gasteiger charge is -2.17. The van der Waals surface area contributed by atoms with Crippen molar-refractivity contribution in [3.05, 3.63) is 77.9 Å². The van der Waals surface area contributed by atoms with Crippen LogP contribution < -0.4 is 10.6 Å². The zero-order valence-electron chi connectivity index (χ0n) is 18.0. The number of amides is 2. The zero-order valence-corrected chi connectivity index (χ0v) is 18.0. The number of nitrogens with one attached hydrogen (secondary N) is 2. The van der Waals surface area contributed by atoms with Gasteiger partial charge in [-0.25, -0.2) is 14.6 Å². The third kappa shape index (κ3) is 4.87. The third-order valence-electron chi connectivity index (χ3n) is 5.59. The molecule has 2 amide bonds. The number of benzene rings is 2. The molecule has 170 valence electrons. The number of ether oxygens (including phenoxy) is 1. The Bertz CT molecular complexity index is 1140. The van der Waals surface area contributed by atoms with E-state index in [1.54, 1.807) is 11.5 Å². The Morgan fingerprint density at radius 1 is 1.09 bits per heavy atom. The van der Waals surface area contributed by atoms with Crippen molar-refractivity contribution >= 4 is 18.0 Å². The minimum atomic E-state index is -1.11. The highest BCUT2D eigenvalue weighted by Crippen LogP contribution is 2.44. The first kappa shape index (κ1) is 22.1. The monoisotopic (exact) mass is 448 g/mol. The van der Waals surface area contributed by atoms with Crippen molar-refractivity contribution in [2.24, 2.45) is 0 Å². The second-order valence-corrected chi connectivity index (χ2v) is 7.78. The summed E-state index contributed by atoms with van der Waals surface area (Å²) in [5.41, 5.74) is 4.45. The molecule has 1 heterocycles. The van der Waals surface area contributed by atoms with Crippen LogP contribution in [-0.4, -0.2) is 51.8 Å². The number of carboxylic acid groups (broad SMARTS) is 1. The lowest BCUT2D eigenvalue weighted by Crippen LogP contribution is -2.45. The Morgan fingerprint density at radius 3 is 2.33 bits per heavy atom. The maximum absolute atomic E-state index is 12.3. The lowest BCUT2D eigenvalue weighted by molar-refractivity contribution is -0.122. The first-order valence-corrected chi connectivity index (χ1v) is 10.6. The fraction of sp³-hybridized carbons (Fsp3) is 0.250. The topological polar surface area (TPSA) is 123 Å². The smallest absolute Gasteiger partial charge is 0.407 e. The molecule has 4 rings (SSSR count). The summed E-state index contributed by atoms with van der Waals surface area (Å²) < 4.78 is 7.02. The van der Waals surface area contributed by atoms with E-state index in [1.165, 1.54) is 12.5 Å². The molecule has 0 fully saturated rings. The number of hydrogen-bond donors (Lipinski definition) is 3. The molecule has 1 aliphatic rings. The van der Waals surface area contributed by atoms with Crippen molar-refractivity contribution in [1.29, 1.82) is 0 Å². The molecule has 0 radical (unpaired) electrons. The zero-order chi connectivity index (χ0) is 23.4. The summed E-state index contributed by atoms with van der Waals surface area (Å²) in [6.45, 7) is 2.34. The van der Waals surface area contributed by atoms with Crippen LogP contribution in [0.4, 0.5) is 4.79 Å². The summed E-state index contributed by atoms with van der Waals surface area (Å²) in [6.07, 6.45) is 2.10. The molecule has 33 heavy (non-hydrogen) atoms. The molecule has 9 heteroatoms. The Labute approximate surface area is 190 Å². The molecule has 3 N–H and O–H groups in total. The van der Waals surface area contributed by atoms with Gasteiger partial charge in [-0.2, -0.15) is 0 Å². The SMILES string of the molecule is CC(NC(=O)OCC1c2ccccc2-c2ccccc21)C(=O)NCCn1cnc(C(=O)O)c1. The molecule has 0 saturated carbocycles. The van der Waals surface area contributed by atoms with E-state index < -0.39 is 18.1 Å². The van der Waals surface area contributed by atoms with Crippen LogP contribution in [0.25, 0.3) is 11.1 Å². The highest BCUT2D eigenvalue weighted by molar-refractivity contribution is 5.85. The van der Waals surface area contributed by atoms with E-state index in [-0.39, 0.29) is 30.7 Å². The number of carbonyl (C=O) groups excluding carboxylic acids is 2. The third-order valence-corrected chi connectivity index (χ3v) is 5.59. The molecular formula is C24H24N4O5. The minimum absolute atomic E-state index is 0.0573. The molecule has 0 aliphatic heterocycles. The average Bonchev–Trinajstić information content (AvgIpc) is 3.41. The number of rotatable bonds is 8. The number of nitrogens with zero attached hydrogens (tertiary/aromatic N) is 2. The Hall–Kier alpha value is -4.14. The van der Waals surface area contributed by atoms with E-state index in [1.807, 2.05) is 36.4 Å². The van der Waals surface area contributed by atoms with Gasteiger partial charge in [0.25, 0.3) is 0 Å². The number of aromatic carboxylic acids is 1. The number of aromatic nitrogens is 2. The number of imidazole rings is 1. The quantitative estimate of drug-likeness (QED) is 0.487. The van der Waals surface area contributed by atoms with Crippen LogP contribution >= 0.6 is 0 Å². The van der Waals surface area contributed by atoms with Crippen molar-refractivity contribution in [2.75, 3.05) is 13.2 Å². The molecule has 1 atom stereocenters. The van der Waals surface area contributed by atoms with E-state index in [2.05, 4.69) is 27.8 Å². The minimum Gasteiger partial charge on any atom is -0.476 e. The molecule has 0 bridgehead atoms. The first-order chi connectivity index (χ1) is 15.9. The molecule has 0 saturated heterocycles. The maximum Gasteiger partial charge on any atom is 0.407 e. The van der Waals surface area contributed by atoms with E-state index in [4.69, 9.17) is 9.84 Å². The van der Waals surface area contributed by atoms with Crippen molar-refractivity contribution < 1.29 is 24.2 Å². The van der Waals surface area contributed by atoms with Crippen LogP contribution in [0.15, 0.2) is 61.1 Å². The van der Waals surface area contributed by atoms with Gasteiger partial charge in [0.2, 0.25) is 5.91 Å². The van der Waals surface area contributed by atoms with Gasteiger partial charge >= 0.3 is 12.1 Å². The number of carboxylic acids is 1. The molecule has 1 unspecified atom stereocenters. The number of carbonyl (C=O) groups is 3. The van der Waals surface area contributed by atoms with E-state index in [0.29, 0.717) is 6.54 Å². The molecule has 1 aliphatic carbocycles. The van der Waals surface area contributed by atoms with Gasteiger partial charge in [-0.05, 0) is 29.2 Å². The van der Waals surface area contributed by atoms with Crippen LogP contribution in [0, 0.1) is 0 Å². The van der Waals surface area contributed by atoms with E-state index >= 15 is 0 Å². The summed E-state index contributed by atoms with van der Waals surface area (Å²) in [5.74, 6) is -1.54. The summed E-state index contributed by atoms with van der Waals surface area (Å²) in [6, 6.07) is 15.3. The molecule has 3 aromatic rings. The van der Waals surface area contributed by atoms with Gasteiger partial charge < -0.3 is 25.0 Å². The van der Waals surface area contributed by atoms with E-state index in [9.17, 15) is 14.4 Å². The van der Waals surface area contributed by atoms with Gasteiger partial charge in [-0.15, -0.1) is 0 Å². The predicted molar refractivity (Wildman–Crippen MR) is 120 cm³/mol. The fourth-order valence-electron chi connectivity index (χ4n) is 3.94. The lowest BCUT2D eigenvalue weighted by atomic mass is 9.98. The average molecular weight is 448 g/mol. The fourth-order valence-corrected chi connectivity index (χ4v) is 3.94. The van der Waals surface area contributed by atoms with Crippen LogP contribution in [0.2, 0.25) is 0 Å². The van der Waals surface area contributed by atoms with Gasteiger partial charge in [0.15, 0.2) is 5.69 Å². The first-order valence-electron chi connectivity index (χ1n) is 10.6.